The van der Waals surface area contributed by atoms with Gasteiger partial charge in [-0.05, 0) is 31.0 Å². The Kier molecular flexibility index (Phi) is 6.31. The normalized spacial score (nSPS) is 11.8. The van der Waals surface area contributed by atoms with E-state index in [1.165, 1.54) is 0 Å². The van der Waals surface area contributed by atoms with Crippen LogP contribution in [0.2, 0.25) is 5.02 Å². The van der Waals surface area contributed by atoms with E-state index in [0.717, 1.165) is 5.56 Å². The molecule has 5 nitrogen and oxygen atoms in total. The van der Waals surface area contributed by atoms with Crippen molar-refractivity contribution in [3.63, 3.8) is 0 Å². The fraction of sp³-hybridized carbons (Fsp3) is 0.429. The van der Waals surface area contributed by atoms with Gasteiger partial charge in [-0.15, -0.1) is 0 Å². The average Bonchev–Trinajstić information content (AvgIpc) is 2.39. The van der Waals surface area contributed by atoms with Crippen molar-refractivity contribution in [1.29, 1.82) is 0 Å². The highest BCUT2D eigenvalue weighted by atomic mass is 35.5. The summed E-state index contributed by atoms with van der Waals surface area (Å²) in [6, 6.07) is 6.88. The van der Waals surface area contributed by atoms with Crippen molar-refractivity contribution in [2.75, 3.05) is 7.05 Å². The number of benzene rings is 1. The first-order valence-electron chi connectivity index (χ1n) is 6.36. The van der Waals surface area contributed by atoms with Crippen molar-refractivity contribution < 1.29 is 14.7 Å². The smallest absolute Gasteiger partial charge is 0.317 e. The van der Waals surface area contributed by atoms with Gasteiger partial charge in [-0.25, -0.2) is 4.79 Å². The Labute approximate surface area is 123 Å². The molecule has 0 radical (unpaired) electrons. The van der Waals surface area contributed by atoms with Crippen molar-refractivity contribution >= 4 is 23.6 Å². The van der Waals surface area contributed by atoms with E-state index in [-0.39, 0.29) is 18.5 Å². The molecule has 1 rings (SSSR count). The quantitative estimate of drug-likeness (QED) is 0.848. The molecular weight excluding hydrogens is 280 g/mol. The van der Waals surface area contributed by atoms with E-state index >= 15 is 0 Å². The van der Waals surface area contributed by atoms with E-state index in [0.29, 0.717) is 18.0 Å². The first-order chi connectivity index (χ1) is 9.38. The monoisotopic (exact) mass is 298 g/mol. The molecule has 6 heteroatoms. The van der Waals surface area contributed by atoms with E-state index in [2.05, 4.69) is 5.32 Å². The van der Waals surface area contributed by atoms with Crippen molar-refractivity contribution in [2.24, 2.45) is 0 Å². The van der Waals surface area contributed by atoms with Gasteiger partial charge in [0, 0.05) is 31.1 Å². The van der Waals surface area contributed by atoms with Crippen molar-refractivity contribution in [2.45, 2.75) is 32.4 Å². The van der Waals surface area contributed by atoms with Gasteiger partial charge in [0.25, 0.3) is 0 Å². The number of aliphatic carboxylic acids is 1. The molecule has 0 heterocycles. The number of carbonyl (C=O) groups is 2. The van der Waals surface area contributed by atoms with Crippen LogP contribution in [-0.2, 0) is 11.3 Å². The molecule has 0 aliphatic rings. The molecule has 0 bridgehead atoms. The number of carboxylic acid groups (broad SMARTS) is 1. The first kappa shape index (κ1) is 16.3. The maximum atomic E-state index is 11.9. The minimum atomic E-state index is -0.861. The summed E-state index contributed by atoms with van der Waals surface area (Å²) in [5.41, 5.74) is 0.977. The molecular formula is C14H19ClN2O3. The summed E-state index contributed by atoms with van der Waals surface area (Å²) in [4.78, 5) is 23.9. The van der Waals surface area contributed by atoms with Gasteiger partial charge in [-0.1, -0.05) is 23.7 Å². The first-order valence-corrected chi connectivity index (χ1v) is 6.74. The largest absolute Gasteiger partial charge is 0.481 e. The lowest BCUT2D eigenvalue weighted by Gasteiger charge is -2.21. The van der Waals surface area contributed by atoms with Crippen LogP contribution in [0.25, 0.3) is 0 Å². The van der Waals surface area contributed by atoms with E-state index in [1.54, 1.807) is 31.0 Å². The number of halogens is 1. The van der Waals surface area contributed by atoms with Crippen LogP contribution >= 0.6 is 11.6 Å². The van der Waals surface area contributed by atoms with Crippen LogP contribution in [0.5, 0.6) is 0 Å². The van der Waals surface area contributed by atoms with Gasteiger partial charge in [-0.2, -0.15) is 0 Å². The average molecular weight is 299 g/mol. The number of rotatable bonds is 6. The zero-order valence-electron chi connectivity index (χ0n) is 11.6. The third-order valence-corrected chi connectivity index (χ3v) is 3.09. The summed E-state index contributed by atoms with van der Waals surface area (Å²) in [6.45, 7) is 2.26. The summed E-state index contributed by atoms with van der Waals surface area (Å²) in [5, 5.41) is 12.0. The lowest BCUT2D eigenvalue weighted by molar-refractivity contribution is -0.137. The lowest BCUT2D eigenvalue weighted by atomic mass is 10.2. The van der Waals surface area contributed by atoms with Gasteiger partial charge in [0.1, 0.15) is 0 Å². The fourth-order valence-corrected chi connectivity index (χ4v) is 1.79. The Morgan fingerprint density at radius 3 is 2.50 bits per heavy atom. The Bertz CT molecular complexity index is 462. The molecule has 0 fully saturated rings. The fourth-order valence-electron chi connectivity index (χ4n) is 1.67. The van der Waals surface area contributed by atoms with Gasteiger partial charge < -0.3 is 15.3 Å². The SMILES string of the molecule is CC(CCC(=O)O)NC(=O)N(C)Cc1ccc(Cl)cc1. The summed E-state index contributed by atoms with van der Waals surface area (Å²) in [7, 11) is 1.69. The van der Waals surface area contributed by atoms with Crippen molar-refractivity contribution in [3.05, 3.63) is 34.9 Å². The van der Waals surface area contributed by atoms with Gasteiger partial charge in [-0.3, -0.25) is 4.79 Å². The van der Waals surface area contributed by atoms with E-state index in [1.807, 2.05) is 12.1 Å². The lowest BCUT2D eigenvalue weighted by Crippen LogP contribution is -2.41. The van der Waals surface area contributed by atoms with Gasteiger partial charge in [0.05, 0.1) is 0 Å². The second-order valence-corrected chi connectivity index (χ2v) is 5.20. The Morgan fingerprint density at radius 1 is 1.35 bits per heavy atom. The number of hydrogen-bond acceptors (Lipinski definition) is 2. The summed E-state index contributed by atoms with van der Waals surface area (Å²) in [6.07, 6.45) is 0.457. The van der Waals surface area contributed by atoms with Crippen LogP contribution in [0.3, 0.4) is 0 Å². The molecule has 2 amide bonds. The molecule has 0 aliphatic heterocycles. The second-order valence-electron chi connectivity index (χ2n) is 4.77. The molecule has 0 saturated heterocycles. The van der Waals surface area contributed by atoms with Gasteiger partial charge >= 0.3 is 12.0 Å². The van der Waals surface area contributed by atoms with E-state index in [4.69, 9.17) is 16.7 Å². The molecule has 110 valence electrons. The van der Waals surface area contributed by atoms with Gasteiger partial charge in [0.2, 0.25) is 0 Å². The highest BCUT2D eigenvalue weighted by Gasteiger charge is 2.13. The molecule has 0 spiro atoms. The number of amides is 2. The Balaban J connectivity index is 2.42. The van der Waals surface area contributed by atoms with E-state index in [9.17, 15) is 9.59 Å². The molecule has 2 N–H and O–H groups in total. The number of carbonyl (C=O) groups excluding carboxylic acids is 1. The maximum absolute atomic E-state index is 11.9. The molecule has 0 aromatic heterocycles. The molecule has 1 unspecified atom stereocenters. The number of hydrogen-bond donors (Lipinski definition) is 2. The second kappa shape index (κ2) is 7.75. The predicted molar refractivity (Wildman–Crippen MR) is 77.8 cm³/mol. The number of urea groups is 1. The predicted octanol–water partition coefficient (Wildman–Crippen LogP) is 2.73. The van der Waals surface area contributed by atoms with Crippen LogP contribution in [0.4, 0.5) is 4.79 Å². The molecule has 1 atom stereocenters. The van der Waals surface area contributed by atoms with Crippen LogP contribution in [0.15, 0.2) is 24.3 Å². The Morgan fingerprint density at radius 2 is 1.95 bits per heavy atom. The minimum absolute atomic E-state index is 0.0440. The standard InChI is InChI=1S/C14H19ClN2O3/c1-10(3-8-13(18)19)16-14(20)17(2)9-11-4-6-12(15)7-5-11/h4-7,10H,3,8-9H2,1-2H3,(H,16,20)(H,18,19). The maximum Gasteiger partial charge on any atom is 0.317 e. The minimum Gasteiger partial charge on any atom is -0.481 e. The van der Waals surface area contributed by atoms with E-state index < -0.39 is 5.97 Å². The summed E-state index contributed by atoms with van der Waals surface area (Å²) < 4.78 is 0. The van der Waals surface area contributed by atoms with Crippen LogP contribution < -0.4 is 5.32 Å². The number of nitrogens with one attached hydrogen (secondary N) is 1. The molecule has 0 saturated carbocycles. The highest BCUT2D eigenvalue weighted by Crippen LogP contribution is 2.11. The van der Waals surface area contributed by atoms with Crippen molar-refractivity contribution in [1.82, 2.24) is 10.2 Å². The van der Waals surface area contributed by atoms with Crippen LogP contribution in [0, 0.1) is 0 Å². The topological polar surface area (TPSA) is 69.6 Å². The van der Waals surface area contributed by atoms with Crippen molar-refractivity contribution in [3.8, 4) is 0 Å². The Hall–Kier alpha value is -1.75. The molecule has 20 heavy (non-hydrogen) atoms. The number of nitrogens with zero attached hydrogens (tertiary/aromatic N) is 1. The summed E-state index contributed by atoms with van der Waals surface area (Å²) in [5.74, 6) is -0.861. The third-order valence-electron chi connectivity index (χ3n) is 2.84. The highest BCUT2D eigenvalue weighted by molar-refractivity contribution is 6.30. The molecule has 0 aliphatic carbocycles. The van der Waals surface area contributed by atoms with Crippen LogP contribution in [0.1, 0.15) is 25.3 Å². The molecule has 1 aromatic rings. The van der Waals surface area contributed by atoms with Crippen LogP contribution in [-0.4, -0.2) is 35.1 Å². The zero-order valence-corrected chi connectivity index (χ0v) is 12.4. The molecule has 1 aromatic carbocycles. The van der Waals surface area contributed by atoms with Gasteiger partial charge in [0.15, 0.2) is 0 Å². The third kappa shape index (κ3) is 5.93. The number of carboxylic acids is 1. The zero-order chi connectivity index (χ0) is 15.1. The summed E-state index contributed by atoms with van der Waals surface area (Å²) >= 11 is 5.80.